The Labute approximate surface area is 166 Å². The molecule has 0 aliphatic heterocycles. The lowest BCUT2D eigenvalue weighted by Gasteiger charge is -2.25. The summed E-state index contributed by atoms with van der Waals surface area (Å²) in [6, 6.07) is 6.81. The topological polar surface area (TPSA) is 116 Å². The Morgan fingerprint density at radius 1 is 1.28 bits per heavy atom. The van der Waals surface area contributed by atoms with Gasteiger partial charge in [-0.15, -0.1) is 0 Å². The molecule has 11 heteroatoms. The Kier molecular flexibility index (Phi) is 6.75. The maximum absolute atomic E-state index is 14.1. The average molecular weight is 426 g/mol. The molecule has 0 saturated heterocycles. The molecule has 0 atom stereocenters. The monoisotopic (exact) mass is 426 g/mol. The number of nitro groups is 1. The van der Waals surface area contributed by atoms with Crippen LogP contribution in [0, 0.1) is 22.9 Å². The molecule has 0 aliphatic rings. The summed E-state index contributed by atoms with van der Waals surface area (Å²) in [5, 5.41) is 11.2. The largest absolute Gasteiger partial charge is 0.494 e. The fourth-order valence-corrected chi connectivity index (χ4v) is 4.12. The molecule has 0 bridgehead atoms. The number of sulfonamides is 1. The summed E-state index contributed by atoms with van der Waals surface area (Å²) in [6.07, 6.45) is 0. The first-order valence-corrected chi connectivity index (χ1v) is 9.83. The number of methoxy groups -OCH3 is 1. The molecule has 0 aromatic heterocycles. The van der Waals surface area contributed by atoms with E-state index in [1.165, 1.54) is 32.2 Å². The average Bonchev–Trinajstić information content (AvgIpc) is 2.66. The summed E-state index contributed by atoms with van der Waals surface area (Å²) in [4.78, 5) is 22.2. The predicted octanol–water partition coefficient (Wildman–Crippen LogP) is 2.81. The zero-order valence-corrected chi connectivity index (χ0v) is 16.7. The van der Waals surface area contributed by atoms with Crippen LogP contribution in [0.4, 0.5) is 15.8 Å². The highest BCUT2D eigenvalue weighted by molar-refractivity contribution is 7.92. The smallest absolute Gasteiger partial charge is 0.326 e. The van der Waals surface area contributed by atoms with Crippen LogP contribution >= 0.6 is 0 Å². The summed E-state index contributed by atoms with van der Waals surface area (Å²) < 4.78 is 50.8. The van der Waals surface area contributed by atoms with Crippen molar-refractivity contribution in [2.45, 2.75) is 18.7 Å². The summed E-state index contributed by atoms with van der Waals surface area (Å²) in [6.45, 7) is 2.17. The second-order valence-electron chi connectivity index (χ2n) is 5.79. The summed E-state index contributed by atoms with van der Waals surface area (Å²) >= 11 is 0. The van der Waals surface area contributed by atoms with Gasteiger partial charge in [0.15, 0.2) is 11.6 Å². The van der Waals surface area contributed by atoms with E-state index in [0.717, 1.165) is 18.2 Å². The van der Waals surface area contributed by atoms with Crippen LogP contribution in [-0.4, -0.2) is 39.6 Å². The van der Waals surface area contributed by atoms with E-state index >= 15 is 0 Å². The van der Waals surface area contributed by atoms with Gasteiger partial charge in [0, 0.05) is 6.07 Å². The van der Waals surface area contributed by atoms with Gasteiger partial charge in [0.1, 0.15) is 6.54 Å². The van der Waals surface area contributed by atoms with Crippen molar-refractivity contribution in [3.05, 3.63) is 57.9 Å². The number of hydrogen-bond acceptors (Lipinski definition) is 7. The molecule has 0 N–H and O–H groups in total. The van der Waals surface area contributed by atoms with Crippen molar-refractivity contribution < 1.29 is 32.0 Å². The van der Waals surface area contributed by atoms with Gasteiger partial charge in [0.05, 0.1) is 34.8 Å². The number of carbonyl (C=O) groups excluding carboxylic acids is 1. The molecule has 156 valence electrons. The SMILES string of the molecule is CCOC(=O)CN(c1cccc([N+](=O)[O-])c1C)S(=O)(=O)c1ccc(OC)c(F)c1. The van der Waals surface area contributed by atoms with Crippen molar-refractivity contribution in [3.63, 3.8) is 0 Å². The molecule has 0 unspecified atom stereocenters. The fraction of sp³-hybridized carbons (Fsp3) is 0.278. The molecule has 9 nitrogen and oxygen atoms in total. The van der Waals surface area contributed by atoms with Gasteiger partial charge in [-0.2, -0.15) is 0 Å². The van der Waals surface area contributed by atoms with E-state index in [1.807, 2.05) is 0 Å². The molecule has 2 aromatic rings. The van der Waals surface area contributed by atoms with Gasteiger partial charge in [-0.3, -0.25) is 19.2 Å². The third kappa shape index (κ3) is 4.62. The molecule has 0 fully saturated rings. The molecule has 0 spiro atoms. The molecule has 0 radical (unpaired) electrons. The fourth-order valence-electron chi connectivity index (χ4n) is 2.64. The highest BCUT2D eigenvalue weighted by atomic mass is 32.2. The van der Waals surface area contributed by atoms with Gasteiger partial charge < -0.3 is 9.47 Å². The number of carbonyl (C=O) groups is 1. The van der Waals surface area contributed by atoms with Crippen LogP contribution in [0.25, 0.3) is 0 Å². The number of halogens is 1. The lowest BCUT2D eigenvalue weighted by Crippen LogP contribution is -2.37. The number of nitro benzene ring substituents is 1. The normalized spacial score (nSPS) is 11.0. The lowest BCUT2D eigenvalue weighted by molar-refractivity contribution is -0.385. The minimum Gasteiger partial charge on any atom is -0.494 e. The minimum atomic E-state index is -4.47. The number of benzene rings is 2. The second-order valence-corrected chi connectivity index (χ2v) is 7.65. The molecule has 29 heavy (non-hydrogen) atoms. The molecular weight excluding hydrogens is 407 g/mol. The molecule has 2 rings (SSSR count). The van der Waals surface area contributed by atoms with Crippen molar-refractivity contribution in [1.29, 1.82) is 0 Å². The standard InChI is InChI=1S/C18H19FN2O7S/c1-4-28-18(22)11-20(15-6-5-7-16(12(15)2)21(23)24)29(25,26)13-8-9-17(27-3)14(19)10-13/h5-10H,4,11H2,1-3H3. The van der Waals surface area contributed by atoms with E-state index in [0.29, 0.717) is 4.31 Å². The van der Waals surface area contributed by atoms with Crippen LogP contribution in [-0.2, 0) is 19.6 Å². The van der Waals surface area contributed by atoms with Gasteiger partial charge in [-0.1, -0.05) is 6.07 Å². The molecular formula is C18H19FN2O7S. The van der Waals surface area contributed by atoms with Gasteiger partial charge >= 0.3 is 5.97 Å². The van der Waals surface area contributed by atoms with Gasteiger partial charge in [0.25, 0.3) is 15.7 Å². The minimum absolute atomic E-state index is 0.0117. The molecule has 0 amide bonds. The zero-order chi connectivity index (χ0) is 21.8. The number of esters is 1. The van der Waals surface area contributed by atoms with Crippen LogP contribution < -0.4 is 9.04 Å². The Morgan fingerprint density at radius 3 is 2.52 bits per heavy atom. The van der Waals surface area contributed by atoms with Gasteiger partial charge in [-0.25, -0.2) is 12.8 Å². The maximum Gasteiger partial charge on any atom is 0.326 e. The molecule has 0 saturated carbocycles. The van der Waals surface area contributed by atoms with E-state index in [9.17, 15) is 27.7 Å². The molecule has 0 heterocycles. The quantitative estimate of drug-likeness (QED) is 0.362. The van der Waals surface area contributed by atoms with Crippen LogP contribution in [0.15, 0.2) is 41.3 Å². The predicted molar refractivity (Wildman–Crippen MR) is 102 cm³/mol. The van der Waals surface area contributed by atoms with E-state index in [4.69, 9.17) is 9.47 Å². The third-order valence-corrected chi connectivity index (χ3v) is 5.79. The number of ether oxygens (including phenoxy) is 2. The first-order valence-electron chi connectivity index (χ1n) is 8.39. The molecule has 0 aliphatic carbocycles. The Balaban J connectivity index is 2.65. The number of nitrogens with zero attached hydrogens (tertiary/aromatic N) is 2. The first kappa shape index (κ1) is 22.1. The van der Waals surface area contributed by atoms with Crippen molar-refractivity contribution in [1.82, 2.24) is 0 Å². The number of anilines is 1. The van der Waals surface area contributed by atoms with Crippen LogP contribution in [0.1, 0.15) is 12.5 Å². The third-order valence-electron chi connectivity index (χ3n) is 4.03. The summed E-state index contributed by atoms with van der Waals surface area (Å²) in [5.74, 6) is -1.94. The van der Waals surface area contributed by atoms with Crippen molar-refractivity contribution in [2.75, 3.05) is 24.6 Å². The van der Waals surface area contributed by atoms with Crippen molar-refractivity contribution in [3.8, 4) is 5.75 Å². The van der Waals surface area contributed by atoms with Crippen LogP contribution in [0.5, 0.6) is 5.75 Å². The van der Waals surface area contributed by atoms with E-state index in [1.54, 1.807) is 6.92 Å². The van der Waals surface area contributed by atoms with E-state index < -0.39 is 38.2 Å². The Morgan fingerprint density at radius 2 is 1.97 bits per heavy atom. The second kappa shape index (κ2) is 8.86. The van der Waals surface area contributed by atoms with Gasteiger partial charge in [0.2, 0.25) is 0 Å². The van der Waals surface area contributed by atoms with Crippen LogP contribution in [0.3, 0.4) is 0 Å². The van der Waals surface area contributed by atoms with E-state index in [2.05, 4.69) is 0 Å². The number of rotatable bonds is 8. The molecule has 2 aromatic carbocycles. The zero-order valence-electron chi connectivity index (χ0n) is 15.9. The Hall–Kier alpha value is -3.21. The summed E-state index contributed by atoms with van der Waals surface area (Å²) in [7, 11) is -3.24. The maximum atomic E-state index is 14.1. The highest BCUT2D eigenvalue weighted by Crippen LogP contribution is 2.33. The van der Waals surface area contributed by atoms with Crippen molar-refractivity contribution >= 4 is 27.4 Å². The lowest BCUT2D eigenvalue weighted by atomic mass is 10.1. The number of hydrogen-bond donors (Lipinski definition) is 0. The first-order chi connectivity index (χ1) is 13.6. The highest BCUT2D eigenvalue weighted by Gasteiger charge is 2.31. The Bertz CT molecular complexity index is 1040. The van der Waals surface area contributed by atoms with Crippen LogP contribution in [0.2, 0.25) is 0 Å². The van der Waals surface area contributed by atoms with E-state index in [-0.39, 0.29) is 29.3 Å². The van der Waals surface area contributed by atoms with Crippen molar-refractivity contribution in [2.24, 2.45) is 0 Å². The summed E-state index contributed by atoms with van der Waals surface area (Å²) in [5.41, 5.74) is -0.393. The van der Waals surface area contributed by atoms with Gasteiger partial charge in [-0.05, 0) is 38.1 Å².